The molecule has 2 rings (SSSR count). The second-order valence-corrected chi connectivity index (χ2v) is 2.39. The Morgan fingerprint density at radius 3 is 3.27 bits per heavy atom. The summed E-state index contributed by atoms with van der Waals surface area (Å²) in [6.07, 6.45) is 5.41. The maximum atomic E-state index is 4.19. The molecule has 0 fully saturated rings. The van der Waals surface area contributed by atoms with Gasteiger partial charge in [0.25, 0.3) is 0 Å². The van der Waals surface area contributed by atoms with Crippen molar-refractivity contribution in [1.29, 1.82) is 0 Å². The van der Waals surface area contributed by atoms with E-state index in [0.29, 0.717) is 0 Å². The molecule has 0 amide bonds. The zero-order chi connectivity index (χ0) is 7.68. The summed E-state index contributed by atoms with van der Waals surface area (Å²) in [4.78, 5) is 8.17. The van der Waals surface area contributed by atoms with Crippen molar-refractivity contribution in [3.05, 3.63) is 24.8 Å². The van der Waals surface area contributed by atoms with E-state index in [1.165, 1.54) is 0 Å². The van der Waals surface area contributed by atoms with E-state index in [4.69, 9.17) is 0 Å². The number of nitrogens with zero attached hydrogens (tertiary/aromatic N) is 3. The van der Waals surface area contributed by atoms with Gasteiger partial charge >= 0.3 is 0 Å². The maximum absolute atomic E-state index is 4.19. The molecule has 0 aliphatic rings. The number of fused-ring (bicyclic) bond motifs is 1. The Bertz CT molecular complexity index is 364. The van der Waals surface area contributed by atoms with Gasteiger partial charge in [-0.1, -0.05) is 0 Å². The van der Waals surface area contributed by atoms with Crippen LogP contribution in [0.4, 0.5) is 0 Å². The van der Waals surface area contributed by atoms with Crippen molar-refractivity contribution in [3.63, 3.8) is 0 Å². The van der Waals surface area contributed by atoms with Crippen LogP contribution >= 0.6 is 0 Å². The highest BCUT2D eigenvalue weighted by atomic mass is 15.0. The fraction of sp³-hybridized carbons (Fsp3) is 0.250. The second kappa shape index (κ2) is 2.34. The highest BCUT2D eigenvalue weighted by Gasteiger charge is 1.97. The number of hydrogen-bond acceptors (Lipinski definition) is 2. The molecule has 0 aliphatic heterocycles. The first-order valence-electron chi connectivity index (χ1n) is 3.66. The normalized spacial score (nSPS) is 10.6. The summed E-state index contributed by atoms with van der Waals surface area (Å²) < 4.78 is 2.09. The molecule has 11 heavy (non-hydrogen) atoms. The summed E-state index contributed by atoms with van der Waals surface area (Å²) in [6, 6.07) is 1.98. The Balaban J connectivity index is 2.76. The number of pyridine rings is 1. The molecule has 3 heteroatoms. The van der Waals surface area contributed by atoms with E-state index in [2.05, 4.69) is 21.5 Å². The van der Waals surface area contributed by atoms with Gasteiger partial charge in [0.2, 0.25) is 0 Å². The second-order valence-electron chi connectivity index (χ2n) is 2.39. The van der Waals surface area contributed by atoms with Crippen LogP contribution in [0.2, 0.25) is 0 Å². The molecule has 0 atom stereocenters. The molecule has 0 N–H and O–H groups in total. The zero-order valence-corrected chi connectivity index (χ0v) is 6.36. The van der Waals surface area contributed by atoms with E-state index in [0.717, 1.165) is 17.6 Å². The third kappa shape index (κ3) is 0.888. The lowest BCUT2D eigenvalue weighted by Gasteiger charge is -1.95. The Labute approximate surface area is 64.7 Å². The Hall–Kier alpha value is -1.38. The van der Waals surface area contributed by atoms with Crippen LogP contribution in [0.3, 0.4) is 0 Å². The lowest BCUT2D eigenvalue weighted by molar-refractivity contribution is 0.787. The number of aryl methyl sites for hydroxylation is 1. The van der Waals surface area contributed by atoms with Crippen LogP contribution in [-0.2, 0) is 6.54 Å². The SMILES string of the molecule is CCn1cnc2cnccc21. The van der Waals surface area contributed by atoms with Gasteiger partial charge in [-0.25, -0.2) is 4.98 Å². The standard InChI is InChI=1S/C8H9N3/c1-2-11-6-10-7-5-9-4-3-8(7)11/h3-6H,2H2,1H3. The molecule has 0 unspecified atom stereocenters. The molecular weight excluding hydrogens is 138 g/mol. The molecule has 56 valence electrons. The van der Waals surface area contributed by atoms with E-state index in [1.54, 1.807) is 12.4 Å². The van der Waals surface area contributed by atoms with Crippen molar-refractivity contribution < 1.29 is 0 Å². The smallest absolute Gasteiger partial charge is 0.107 e. The van der Waals surface area contributed by atoms with Crippen LogP contribution < -0.4 is 0 Å². The highest BCUT2D eigenvalue weighted by Crippen LogP contribution is 2.08. The molecule has 0 radical (unpaired) electrons. The largest absolute Gasteiger partial charge is 0.331 e. The minimum Gasteiger partial charge on any atom is -0.331 e. The molecule has 0 saturated heterocycles. The molecule has 2 heterocycles. The quantitative estimate of drug-likeness (QED) is 0.611. The maximum Gasteiger partial charge on any atom is 0.107 e. The molecule has 2 aromatic heterocycles. The van der Waals surface area contributed by atoms with Crippen LogP contribution in [0, 0.1) is 0 Å². The van der Waals surface area contributed by atoms with Crippen molar-refractivity contribution in [3.8, 4) is 0 Å². The van der Waals surface area contributed by atoms with E-state index in [9.17, 15) is 0 Å². The summed E-state index contributed by atoms with van der Waals surface area (Å²) in [6.45, 7) is 3.06. The molecule has 3 nitrogen and oxygen atoms in total. The summed E-state index contributed by atoms with van der Waals surface area (Å²) >= 11 is 0. The predicted molar refractivity (Wildman–Crippen MR) is 43.2 cm³/mol. The molecule has 0 saturated carbocycles. The lowest BCUT2D eigenvalue weighted by Crippen LogP contribution is -1.89. The van der Waals surface area contributed by atoms with Gasteiger partial charge in [0.15, 0.2) is 0 Å². The summed E-state index contributed by atoms with van der Waals surface area (Å²) in [5.74, 6) is 0. The van der Waals surface area contributed by atoms with Crippen LogP contribution in [0.15, 0.2) is 24.8 Å². The van der Waals surface area contributed by atoms with E-state index < -0.39 is 0 Å². The first-order valence-corrected chi connectivity index (χ1v) is 3.66. The lowest BCUT2D eigenvalue weighted by atomic mass is 10.4. The molecule has 0 spiro atoms. The van der Waals surface area contributed by atoms with Crippen molar-refractivity contribution in [2.75, 3.05) is 0 Å². The van der Waals surface area contributed by atoms with E-state index in [1.807, 2.05) is 12.4 Å². The Kier molecular flexibility index (Phi) is 1.35. The van der Waals surface area contributed by atoms with Crippen molar-refractivity contribution in [2.45, 2.75) is 13.5 Å². The Morgan fingerprint density at radius 1 is 1.55 bits per heavy atom. The molecule has 2 aromatic rings. The topological polar surface area (TPSA) is 30.7 Å². The fourth-order valence-corrected chi connectivity index (χ4v) is 1.17. The third-order valence-corrected chi connectivity index (χ3v) is 1.76. The summed E-state index contributed by atoms with van der Waals surface area (Å²) in [7, 11) is 0. The van der Waals surface area contributed by atoms with Gasteiger partial charge in [-0.3, -0.25) is 4.98 Å². The van der Waals surface area contributed by atoms with Gasteiger partial charge in [-0.15, -0.1) is 0 Å². The van der Waals surface area contributed by atoms with Crippen molar-refractivity contribution >= 4 is 11.0 Å². The van der Waals surface area contributed by atoms with Crippen molar-refractivity contribution in [2.24, 2.45) is 0 Å². The average molecular weight is 147 g/mol. The van der Waals surface area contributed by atoms with Crippen LogP contribution in [0.25, 0.3) is 11.0 Å². The van der Waals surface area contributed by atoms with Gasteiger partial charge in [-0.05, 0) is 13.0 Å². The Morgan fingerprint density at radius 2 is 2.45 bits per heavy atom. The number of hydrogen-bond donors (Lipinski definition) is 0. The van der Waals surface area contributed by atoms with E-state index in [-0.39, 0.29) is 0 Å². The minimum atomic E-state index is 0.959. The first-order chi connectivity index (χ1) is 5.42. The molecule has 0 aliphatic carbocycles. The molecule has 0 aromatic carbocycles. The van der Waals surface area contributed by atoms with Gasteiger partial charge in [0.1, 0.15) is 5.52 Å². The number of imidazole rings is 1. The van der Waals surface area contributed by atoms with Gasteiger partial charge < -0.3 is 4.57 Å². The number of rotatable bonds is 1. The van der Waals surface area contributed by atoms with E-state index >= 15 is 0 Å². The molecular formula is C8H9N3. The molecule has 0 bridgehead atoms. The van der Waals surface area contributed by atoms with Gasteiger partial charge in [0.05, 0.1) is 18.0 Å². The first kappa shape index (κ1) is 6.34. The highest BCUT2D eigenvalue weighted by molar-refractivity contribution is 5.73. The summed E-state index contributed by atoms with van der Waals surface area (Å²) in [5.41, 5.74) is 2.12. The third-order valence-electron chi connectivity index (χ3n) is 1.76. The number of aromatic nitrogens is 3. The summed E-state index contributed by atoms with van der Waals surface area (Å²) in [5, 5.41) is 0. The van der Waals surface area contributed by atoms with Crippen molar-refractivity contribution in [1.82, 2.24) is 14.5 Å². The predicted octanol–water partition coefficient (Wildman–Crippen LogP) is 1.45. The van der Waals surface area contributed by atoms with Gasteiger partial charge in [0, 0.05) is 12.7 Å². The zero-order valence-electron chi connectivity index (χ0n) is 6.36. The monoisotopic (exact) mass is 147 g/mol. The average Bonchev–Trinajstić information content (AvgIpc) is 2.47. The van der Waals surface area contributed by atoms with Crippen LogP contribution in [0.1, 0.15) is 6.92 Å². The van der Waals surface area contributed by atoms with Crippen LogP contribution in [-0.4, -0.2) is 14.5 Å². The fourth-order valence-electron chi connectivity index (χ4n) is 1.17. The minimum absolute atomic E-state index is 0.959. The van der Waals surface area contributed by atoms with Crippen LogP contribution in [0.5, 0.6) is 0 Å². The van der Waals surface area contributed by atoms with Gasteiger partial charge in [-0.2, -0.15) is 0 Å².